The SMILES string of the molecule is CC(C)Nc1ccnc(N2CCC[C@H](c3nccn3Cc3cccnc3)C2)n1. The van der Waals surface area contributed by atoms with E-state index >= 15 is 0 Å². The third kappa shape index (κ3) is 4.30. The molecule has 4 rings (SSSR count). The van der Waals surface area contributed by atoms with E-state index in [0.717, 1.165) is 50.1 Å². The molecule has 0 radical (unpaired) electrons. The molecule has 7 heteroatoms. The van der Waals surface area contributed by atoms with Gasteiger partial charge in [-0.1, -0.05) is 6.07 Å². The lowest BCUT2D eigenvalue weighted by molar-refractivity contribution is 0.471. The third-order valence-electron chi connectivity index (χ3n) is 4.97. The number of nitrogens with zero attached hydrogens (tertiary/aromatic N) is 6. The Hall–Kier alpha value is -2.96. The maximum Gasteiger partial charge on any atom is 0.227 e. The third-order valence-corrected chi connectivity index (χ3v) is 4.97. The Bertz CT molecular complexity index is 891. The van der Waals surface area contributed by atoms with Crippen LogP contribution in [-0.2, 0) is 6.54 Å². The molecule has 28 heavy (non-hydrogen) atoms. The van der Waals surface area contributed by atoms with Crippen LogP contribution in [0.2, 0.25) is 0 Å². The molecule has 4 heterocycles. The second-order valence-corrected chi connectivity index (χ2v) is 7.60. The molecule has 3 aromatic rings. The summed E-state index contributed by atoms with van der Waals surface area (Å²) < 4.78 is 2.24. The number of pyridine rings is 1. The molecule has 1 aliphatic rings. The van der Waals surface area contributed by atoms with Gasteiger partial charge in [0.25, 0.3) is 0 Å². The number of rotatable bonds is 6. The highest BCUT2D eigenvalue weighted by Gasteiger charge is 2.26. The average molecular weight is 377 g/mol. The van der Waals surface area contributed by atoms with Gasteiger partial charge in [0, 0.05) is 56.0 Å². The normalized spacial score (nSPS) is 17.1. The van der Waals surface area contributed by atoms with Crippen LogP contribution in [0.4, 0.5) is 11.8 Å². The van der Waals surface area contributed by atoms with E-state index in [1.54, 1.807) is 6.20 Å². The molecular weight excluding hydrogens is 350 g/mol. The number of nitrogens with one attached hydrogen (secondary N) is 1. The van der Waals surface area contributed by atoms with Crippen LogP contribution in [0.15, 0.2) is 49.2 Å². The summed E-state index contributed by atoms with van der Waals surface area (Å²) in [7, 11) is 0. The zero-order valence-electron chi connectivity index (χ0n) is 16.5. The monoisotopic (exact) mass is 377 g/mol. The van der Waals surface area contributed by atoms with E-state index < -0.39 is 0 Å². The fourth-order valence-corrected chi connectivity index (χ4v) is 3.75. The molecular formula is C21H27N7. The second kappa shape index (κ2) is 8.37. The molecule has 0 bridgehead atoms. The number of anilines is 2. The first-order valence-electron chi connectivity index (χ1n) is 9.93. The van der Waals surface area contributed by atoms with Gasteiger partial charge in [-0.15, -0.1) is 0 Å². The molecule has 0 spiro atoms. The van der Waals surface area contributed by atoms with Crippen molar-refractivity contribution in [3.63, 3.8) is 0 Å². The average Bonchev–Trinajstić information content (AvgIpc) is 3.17. The smallest absolute Gasteiger partial charge is 0.227 e. The van der Waals surface area contributed by atoms with Gasteiger partial charge in [0.05, 0.1) is 6.54 Å². The van der Waals surface area contributed by atoms with Crippen LogP contribution in [0.3, 0.4) is 0 Å². The summed E-state index contributed by atoms with van der Waals surface area (Å²) in [6, 6.07) is 6.34. The molecule has 7 nitrogen and oxygen atoms in total. The molecule has 0 aromatic carbocycles. The summed E-state index contributed by atoms with van der Waals surface area (Å²) in [5.74, 6) is 3.16. The summed E-state index contributed by atoms with van der Waals surface area (Å²) in [5, 5.41) is 3.36. The quantitative estimate of drug-likeness (QED) is 0.710. The highest BCUT2D eigenvalue weighted by atomic mass is 15.3. The van der Waals surface area contributed by atoms with Crippen LogP contribution in [0.25, 0.3) is 0 Å². The Morgan fingerprint density at radius 1 is 1.18 bits per heavy atom. The van der Waals surface area contributed by atoms with E-state index in [9.17, 15) is 0 Å². The van der Waals surface area contributed by atoms with Crippen molar-refractivity contribution in [2.45, 2.75) is 45.2 Å². The number of hydrogen-bond donors (Lipinski definition) is 1. The lowest BCUT2D eigenvalue weighted by Gasteiger charge is -2.32. The lowest BCUT2D eigenvalue weighted by atomic mass is 9.97. The predicted octanol–water partition coefficient (Wildman–Crippen LogP) is 3.32. The number of hydrogen-bond acceptors (Lipinski definition) is 6. The van der Waals surface area contributed by atoms with Crippen LogP contribution < -0.4 is 10.2 Å². The van der Waals surface area contributed by atoms with Crippen molar-refractivity contribution in [3.8, 4) is 0 Å². The molecule has 0 amide bonds. The number of imidazole rings is 1. The van der Waals surface area contributed by atoms with Crippen LogP contribution in [0.5, 0.6) is 0 Å². The van der Waals surface area contributed by atoms with Crippen molar-refractivity contribution in [1.82, 2.24) is 24.5 Å². The molecule has 146 valence electrons. The van der Waals surface area contributed by atoms with E-state index in [-0.39, 0.29) is 0 Å². The van der Waals surface area contributed by atoms with Gasteiger partial charge in [0.15, 0.2) is 0 Å². The van der Waals surface area contributed by atoms with Crippen LogP contribution >= 0.6 is 0 Å². The maximum atomic E-state index is 4.71. The first-order valence-corrected chi connectivity index (χ1v) is 9.93. The zero-order chi connectivity index (χ0) is 19.3. The van der Waals surface area contributed by atoms with Gasteiger partial charge in [-0.3, -0.25) is 4.98 Å². The zero-order valence-corrected chi connectivity index (χ0v) is 16.5. The minimum absolute atomic E-state index is 0.344. The van der Waals surface area contributed by atoms with Gasteiger partial charge < -0.3 is 14.8 Å². The van der Waals surface area contributed by atoms with Crippen LogP contribution in [0.1, 0.15) is 44.0 Å². The number of aromatic nitrogens is 5. The van der Waals surface area contributed by atoms with E-state index in [4.69, 9.17) is 4.98 Å². The van der Waals surface area contributed by atoms with E-state index in [1.807, 2.05) is 30.7 Å². The molecule has 1 fully saturated rings. The first-order chi connectivity index (χ1) is 13.7. The van der Waals surface area contributed by atoms with E-state index in [2.05, 4.69) is 55.8 Å². The van der Waals surface area contributed by atoms with Crippen molar-refractivity contribution < 1.29 is 0 Å². The lowest BCUT2D eigenvalue weighted by Crippen LogP contribution is -2.36. The standard InChI is InChI=1S/C21H27N7/c1-16(2)25-19-7-9-24-21(26-19)28-11-4-6-18(15-28)20-23-10-12-27(20)14-17-5-3-8-22-13-17/h3,5,7-10,12-13,16,18H,4,6,11,14-15H2,1-2H3,(H,24,25,26)/t18-/m0/s1. The minimum Gasteiger partial charge on any atom is -0.368 e. The maximum absolute atomic E-state index is 4.71. The Labute approximate surface area is 165 Å². The van der Waals surface area contributed by atoms with Crippen molar-refractivity contribution in [3.05, 3.63) is 60.6 Å². The molecule has 1 N–H and O–H groups in total. The molecule has 0 saturated carbocycles. The summed E-state index contributed by atoms with van der Waals surface area (Å²) in [5.41, 5.74) is 1.19. The van der Waals surface area contributed by atoms with Gasteiger partial charge in [0.1, 0.15) is 11.6 Å². The highest BCUT2D eigenvalue weighted by Crippen LogP contribution is 2.28. The van der Waals surface area contributed by atoms with Crippen molar-refractivity contribution in [2.75, 3.05) is 23.3 Å². The molecule has 0 unspecified atom stereocenters. The van der Waals surface area contributed by atoms with Crippen molar-refractivity contribution in [1.29, 1.82) is 0 Å². The van der Waals surface area contributed by atoms with Gasteiger partial charge >= 0.3 is 0 Å². The molecule has 1 atom stereocenters. The Balaban J connectivity index is 1.50. The Morgan fingerprint density at radius 2 is 2.11 bits per heavy atom. The number of piperidine rings is 1. The Kier molecular flexibility index (Phi) is 5.50. The molecule has 3 aromatic heterocycles. The predicted molar refractivity (Wildman–Crippen MR) is 111 cm³/mol. The second-order valence-electron chi connectivity index (χ2n) is 7.60. The molecule has 1 saturated heterocycles. The summed E-state index contributed by atoms with van der Waals surface area (Å²) in [6.07, 6.45) is 11.7. The van der Waals surface area contributed by atoms with Gasteiger partial charge in [0.2, 0.25) is 5.95 Å². The van der Waals surface area contributed by atoms with E-state index in [0.29, 0.717) is 12.0 Å². The molecule has 0 aliphatic carbocycles. The van der Waals surface area contributed by atoms with Gasteiger partial charge in [-0.2, -0.15) is 4.98 Å². The van der Waals surface area contributed by atoms with E-state index in [1.165, 1.54) is 5.56 Å². The highest BCUT2D eigenvalue weighted by molar-refractivity contribution is 5.42. The topological polar surface area (TPSA) is 71.8 Å². The Morgan fingerprint density at radius 3 is 2.93 bits per heavy atom. The minimum atomic E-state index is 0.344. The summed E-state index contributed by atoms with van der Waals surface area (Å²) in [4.78, 5) is 20.4. The van der Waals surface area contributed by atoms with Gasteiger partial charge in [-0.05, 0) is 44.4 Å². The van der Waals surface area contributed by atoms with Crippen LogP contribution in [0, 0.1) is 0 Å². The summed E-state index contributed by atoms with van der Waals surface area (Å²) in [6.45, 7) is 6.88. The van der Waals surface area contributed by atoms with Crippen LogP contribution in [-0.4, -0.2) is 43.6 Å². The van der Waals surface area contributed by atoms with Crippen molar-refractivity contribution >= 4 is 11.8 Å². The van der Waals surface area contributed by atoms with Crippen molar-refractivity contribution in [2.24, 2.45) is 0 Å². The fourth-order valence-electron chi connectivity index (χ4n) is 3.75. The van der Waals surface area contributed by atoms with Gasteiger partial charge in [-0.25, -0.2) is 9.97 Å². The summed E-state index contributed by atoms with van der Waals surface area (Å²) >= 11 is 0. The first kappa shape index (κ1) is 18.4. The fraction of sp³-hybridized carbons (Fsp3) is 0.429. The largest absolute Gasteiger partial charge is 0.368 e. The molecule has 1 aliphatic heterocycles.